The molecule has 0 fully saturated rings. The molecule has 1 amide bonds. The number of carbonyl (C=O) groups excluding carboxylic acids is 1. The second-order valence-electron chi connectivity index (χ2n) is 4.60. The third kappa shape index (κ3) is 5.06. The van der Waals surface area contributed by atoms with Crippen LogP contribution in [-0.4, -0.2) is 11.7 Å². The van der Waals surface area contributed by atoms with Crippen LogP contribution in [0, 0.1) is 6.92 Å². The van der Waals surface area contributed by atoms with Crippen molar-refractivity contribution in [3.05, 3.63) is 63.1 Å². The summed E-state index contributed by atoms with van der Waals surface area (Å²) in [6.07, 6.45) is 0. The zero-order chi connectivity index (χ0) is 15.2. The SMILES string of the molecule is Cc1ccc(NC(=O)CSCc2ccccc2Br)cc1Cl. The van der Waals surface area contributed by atoms with Gasteiger partial charge in [-0.2, -0.15) is 0 Å². The van der Waals surface area contributed by atoms with Crippen LogP contribution >= 0.6 is 39.3 Å². The number of carbonyl (C=O) groups is 1. The predicted octanol–water partition coefficient (Wildman–Crippen LogP) is 5.28. The van der Waals surface area contributed by atoms with E-state index in [1.165, 1.54) is 5.56 Å². The molecule has 2 aromatic rings. The standard InChI is InChI=1S/C16H15BrClNOS/c1-11-6-7-13(8-15(11)18)19-16(20)10-21-9-12-4-2-3-5-14(12)17/h2-8H,9-10H2,1H3,(H,19,20). The number of hydrogen-bond donors (Lipinski definition) is 1. The molecule has 0 aliphatic heterocycles. The van der Waals surface area contributed by atoms with E-state index in [1.54, 1.807) is 17.8 Å². The summed E-state index contributed by atoms with van der Waals surface area (Å²) in [7, 11) is 0. The van der Waals surface area contributed by atoms with Gasteiger partial charge in [0.25, 0.3) is 0 Å². The number of aryl methyl sites for hydroxylation is 1. The Kier molecular flexibility index (Phi) is 6.15. The smallest absolute Gasteiger partial charge is 0.234 e. The summed E-state index contributed by atoms with van der Waals surface area (Å²) in [5.74, 6) is 1.18. The highest BCUT2D eigenvalue weighted by atomic mass is 79.9. The lowest BCUT2D eigenvalue weighted by Gasteiger charge is -2.07. The number of thioether (sulfide) groups is 1. The minimum Gasteiger partial charge on any atom is -0.325 e. The second-order valence-corrected chi connectivity index (χ2v) is 6.84. The Bertz CT molecular complexity index is 648. The summed E-state index contributed by atoms with van der Waals surface area (Å²) in [4.78, 5) is 11.9. The van der Waals surface area contributed by atoms with Crippen LogP contribution in [0.1, 0.15) is 11.1 Å². The van der Waals surface area contributed by atoms with E-state index < -0.39 is 0 Å². The first-order chi connectivity index (χ1) is 10.1. The van der Waals surface area contributed by atoms with Gasteiger partial charge in [0.15, 0.2) is 0 Å². The van der Waals surface area contributed by atoms with Crippen molar-refractivity contribution in [1.29, 1.82) is 0 Å². The number of hydrogen-bond acceptors (Lipinski definition) is 2. The number of halogens is 2. The monoisotopic (exact) mass is 383 g/mol. The van der Waals surface area contributed by atoms with Gasteiger partial charge in [-0.3, -0.25) is 4.79 Å². The molecule has 0 saturated carbocycles. The highest BCUT2D eigenvalue weighted by Gasteiger charge is 2.05. The molecule has 0 aliphatic carbocycles. The Balaban J connectivity index is 1.82. The zero-order valence-electron chi connectivity index (χ0n) is 11.5. The van der Waals surface area contributed by atoms with Crippen molar-refractivity contribution in [3.8, 4) is 0 Å². The van der Waals surface area contributed by atoms with Gasteiger partial charge in [-0.05, 0) is 36.2 Å². The average Bonchev–Trinajstić information content (AvgIpc) is 2.45. The van der Waals surface area contributed by atoms with Gasteiger partial charge in [-0.1, -0.05) is 51.8 Å². The van der Waals surface area contributed by atoms with Crippen molar-refractivity contribution in [1.82, 2.24) is 0 Å². The minimum absolute atomic E-state index is 0.0213. The van der Waals surface area contributed by atoms with Crippen molar-refractivity contribution >= 4 is 50.9 Å². The average molecular weight is 385 g/mol. The molecule has 0 heterocycles. The molecule has 5 heteroatoms. The maximum absolute atomic E-state index is 11.9. The van der Waals surface area contributed by atoms with E-state index in [-0.39, 0.29) is 5.91 Å². The van der Waals surface area contributed by atoms with E-state index in [4.69, 9.17) is 11.6 Å². The van der Waals surface area contributed by atoms with Crippen LogP contribution in [0.25, 0.3) is 0 Å². The van der Waals surface area contributed by atoms with Crippen molar-refractivity contribution in [2.24, 2.45) is 0 Å². The first kappa shape index (κ1) is 16.4. The van der Waals surface area contributed by atoms with Crippen molar-refractivity contribution in [2.75, 3.05) is 11.1 Å². The van der Waals surface area contributed by atoms with Crippen LogP contribution in [0.2, 0.25) is 5.02 Å². The Morgan fingerprint density at radius 2 is 2.05 bits per heavy atom. The Morgan fingerprint density at radius 3 is 2.76 bits per heavy atom. The Labute approximate surface area is 142 Å². The molecule has 2 nitrogen and oxygen atoms in total. The number of benzene rings is 2. The van der Waals surface area contributed by atoms with E-state index in [2.05, 4.69) is 27.3 Å². The lowest BCUT2D eigenvalue weighted by atomic mass is 10.2. The molecule has 2 rings (SSSR count). The quantitative estimate of drug-likeness (QED) is 0.759. The van der Waals surface area contributed by atoms with Gasteiger partial charge >= 0.3 is 0 Å². The molecular formula is C16H15BrClNOS. The Hall–Kier alpha value is -0.970. The van der Waals surface area contributed by atoms with E-state index in [0.29, 0.717) is 10.8 Å². The fourth-order valence-electron chi connectivity index (χ4n) is 1.74. The molecule has 0 unspecified atom stereocenters. The van der Waals surface area contributed by atoms with Gasteiger partial charge in [0.2, 0.25) is 5.91 Å². The summed E-state index contributed by atoms with van der Waals surface area (Å²) >= 11 is 11.1. The fraction of sp³-hybridized carbons (Fsp3) is 0.188. The molecule has 1 N–H and O–H groups in total. The maximum atomic E-state index is 11.9. The van der Waals surface area contributed by atoms with Crippen LogP contribution in [0.3, 0.4) is 0 Å². The molecule has 0 bridgehead atoms. The first-order valence-electron chi connectivity index (χ1n) is 6.43. The van der Waals surface area contributed by atoms with Gasteiger partial charge < -0.3 is 5.32 Å². The largest absolute Gasteiger partial charge is 0.325 e. The van der Waals surface area contributed by atoms with Crippen LogP contribution in [0.5, 0.6) is 0 Å². The van der Waals surface area contributed by atoms with Gasteiger partial charge in [0.05, 0.1) is 5.75 Å². The van der Waals surface area contributed by atoms with Crippen LogP contribution in [0.15, 0.2) is 46.9 Å². The number of anilines is 1. The van der Waals surface area contributed by atoms with E-state index in [9.17, 15) is 4.79 Å². The van der Waals surface area contributed by atoms with E-state index in [0.717, 1.165) is 21.5 Å². The molecule has 0 aromatic heterocycles. The molecular weight excluding hydrogens is 370 g/mol. The fourth-order valence-corrected chi connectivity index (χ4v) is 3.36. The summed E-state index contributed by atoms with van der Waals surface area (Å²) in [5.41, 5.74) is 2.92. The Morgan fingerprint density at radius 1 is 1.29 bits per heavy atom. The number of amides is 1. The minimum atomic E-state index is -0.0213. The van der Waals surface area contributed by atoms with Crippen molar-refractivity contribution in [2.45, 2.75) is 12.7 Å². The normalized spacial score (nSPS) is 10.4. The van der Waals surface area contributed by atoms with Crippen LogP contribution in [0.4, 0.5) is 5.69 Å². The second kappa shape index (κ2) is 7.87. The first-order valence-corrected chi connectivity index (χ1v) is 8.76. The summed E-state index contributed by atoms with van der Waals surface area (Å²) < 4.78 is 1.07. The number of rotatable bonds is 5. The maximum Gasteiger partial charge on any atom is 0.234 e. The highest BCUT2D eigenvalue weighted by Crippen LogP contribution is 2.22. The molecule has 110 valence electrons. The molecule has 0 spiro atoms. The third-order valence-corrected chi connectivity index (χ3v) is 5.07. The summed E-state index contributed by atoms with van der Waals surface area (Å²) in [5, 5.41) is 3.52. The third-order valence-electron chi connectivity index (χ3n) is 2.90. The molecule has 0 radical (unpaired) electrons. The van der Waals surface area contributed by atoms with Crippen molar-refractivity contribution < 1.29 is 4.79 Å². The van der Waals surface area contributed by atoms with E-state index >= 15 is 0 Å². The van der Waals surface area contributed by atoms with Crippen molar-refractivity contribution in [3.63, 3.8) is 0 Å². The lowest BCUT2D eigenvalue weighted by molar-refractivity contribution is -0.113. The molecule has 21 heavy (non-hydrogen) atoms. The van der Waals surface area contributed by atoms with Crippen LogP contribution < -0.4 is 5.32 Å². The van der Waals surface area contributed by atoms with E-state index in [1.807, 2.05) is 37.3 Å². The lowest BCUT2D eigenvalue weighted by Crippen LogP contribution is -2.14. The predicted molar refractivity (Wildman–Crippen MR) is 95.1 cm³/mol. The van der Waals surface area contributed by atoms with Gasteiger partial charge in [0.1, 0.15) is 0 Å². The molecule has 0 aliphatic rings. The van der Waals surface area contributed by atoms with Gasteiger partial charge in [0, 0.05) is 20.9 Å². The zero-order valence-corrected chi connectivity index (χ0v) is 14.7. The molecule has 0 saturated heterocycles. The summed E-state index contributed by atoms with van der Waals surface area (Å²) in [6, 6.07) is 13.6. The molecule has 2 aromatic carbocycles. The number of nitrogens with one attached hydrogen (secondary N) is 1. The topological polar surface area (TPSA) is 29.1 Å². The van der Waals surface area contributed by atoms with Gasteiger partial charge in [-0.25, -0.2) is 0 Å². The van der Waals surface area contributed by atoms with Gasteiger partial charge in [-0.15, -0.1) is 11.8 Å². The van der Waals surface area contributed by atoms with Crippen LogP contribution in [-0.2, 0) is 10.5 Å². The highest BCUT2D eigenvalue weighted by molar-refractivity contribution is 9.10. The molecule has 0 atom stereocenters. The summed E-state index contributed by atoms with van der Waals surface area (Å²) in [6.45, 7) is 1.93.